The first kappa shape index (κ1) is 12.0. The summed E-state index contributed by atoms with van der Waals surface area (Å²) in [7, 11) is 0. The molecule has 2 aromatic rings. The summed E-state index contributed by atoms with van der Waals surface area (Å²) in [4.78, 5) is 14.4. The van der Waals surface area contributed by atoms with Crippen molar-refractivity contribution < 1.29 is 9.53 Å². The van der Waals surface area contributed by atoms with Crippen LogP contribution >= 0.6 is 0 Å². The second-order valence-corrected chi connectivity index (χ2v) is 3.76. The van der Waals surface area contributed by atoms with Crippen LogP contribution in [0, 0.1) is 0 Å². The summed E-state index contributed by atoms with van der Waals surface area (Å²) in [5, 5.41) is 2.73. The van der Waals surface area contributed by atoms with E-state index in [2.05, 4.69) is 10.3 Å². The van der Waals surface area contributed by atoms with Crippen LogP contribution in [0.5, 0.6) is 5.75 Å². The lowest BCUT2D eigenvalue weighted by atomic mass is 10.3. The number of nitrogen functional groups attached to an aromatic ring is 1. The van der Waals surface area contributed by atoms with Gasteiger partial charge in [0.25, 0.3) is 5.91 Å². The zero-order chi connectivity index (χ0) is 12.8. The third kappa shape index (κ3) is 3.28. The van der Waals surface area contributed by atoms with Crippen molar-refractivity contribution >= 4 is 11.6 Å². The lowest BCUT2D eigenvalue weighted by molar-refractivity contribution is 0.0942. The minimum atomic E-state index is -0.191. The van der Waals surface area contributed by atoms with Crippen LogP contribution in [-0.2, 0) is 0 Å². The number of hydrogen-bond acceptors (Lipinski definition) is 3. The maximum Gasteiger partial charge on any atom is 0.267 e. The number of H-pyrrole nitrogens is 1. The van der Waals surface area contributed by atoms with E-state index in [1.165, 1.54) is 0 Å². The first-order chi connectivity index (χ1) is 8.75. The third-order valence-electron chi connectivity index (χ3n) is 2.35. The van der Waals surface area contributed by atoms with Crippen molar-refractivity contribution in [2.24, 2.45) is 0 Å². The number of benzene rings is 1. The second kappa shape index (κ2) is 5.77. The molecule has 5 heteroatoms. The Hall–Kier alpha value is -2.43. The number of aromatic amines is 1. The normalized spacial score (nSPS) is 10.0. The number of hydrogen-bond donors (Lipinski definition) is 3. The molecule has 0 radical (unpaired) electrons. The van der Waals surface area contributed by atoms with E-state index in [-0.39, 0.29) is 5.91 Å². The number of carbonyl (C=O) groups excluding carboxylic acids is 1. The maximum absolute atomic E-state index is 11.6. The maximum atomic E-state index is 11.6. The van der Waals surface area contributed by atoms with Gasteiger partial charge in [0.1, 0.15) is 18.1 Å². The Morgan fingerprint density at radius 1 is 1.33 bits per heavy atom. The zero-order valence-electron chi connectivity index (χ0n) is 9.85. The fourth-order valence-electron chi connectivity index (χ4n) is 1.49. The number of ether oxygens (including phenoxy) is 1. The average Bonchev–Trinajstić information content (AvgIpc) is 2.82. The number of carbonyl (C=O) groups is 1. The van der Waals surface area contributed by atoms with Gasteiger partial charge in [-0.1, -0.05) is 18.2 Å². The van der Waals surface area contributed by atoms with Crippen molar-refractivity contribution in [3.63, 3.8) is 0 Å². The van der Waals surface area contributed by atoms with Gasteiger partial charge in [-0.15, -0.1) is 0 Å². The smallest absolute Gasteiger partial charge is 0.267 e. The summed E-state index contributed by atoms with van der Waals surface area (Å²) in [5.41, 5.74) is 6.50. The molecule has 1 aromatic carbocycles. The lowest BCUT2D eigenvalue weighted by Crippen LogP contribution is -2.28. The number of anilines is 1. The van der Waals surface area contributed by atoms with Crippen molar-refractivity contribution in [1.82, 2.24) is 10.3 Å². The standard InChI is InChI=1S/C13H15N3O2/c14-10-8-12(16-9-10)13(17)15-6-7-18-11-4-2-1-3-5-11/h1-5,8-9,16H,6-7,14H2,(H,15,17). The third-order valence-corrected chi connectivity index (χ3v) is 2.35. The molecule has 94 valence electrons. The first-order valence-corrected chi connectivity index (χ1v) is 5.65. The molecule has 18 heavy (non-hydrogen) atoms. The van der Waals surface area contributed by atoms with E-state index in [0.29, 0.717) is 24.5 Å². The Bertz CT molecular complexity index is 508. The Morgan fingerprint density at radius 3 is 2.78 bits per heavy atom. The predicted octanol–water partition coefficient (Wildman–Crippen LogP) is 1.41. The molecule has 0 fully saturated rings. The monoisotopic (exact) mass is 245 g/mol. The van der Waals surface area contributed by atoms with Gasteiger partial charge < -0.3 is 20.8 Å². The largest absolute Gasteiger partial charge is 0.492 e. The first-order valence-electron chi connectivity index (χ1n) is 5.65. The van der Waals surface area contributed by atoms with Crippen molar-refractivity contribution in [3.8, 4) is 5.75 Å². The molecule has 0 aliphatic carbocycles. The van der Waals surface area contributed by atoms with Crippen LogP contribution in [0.3, 0.4) is 0 Å². The summed E-state index contributed by atoms with van der Waals surface area (Å²) in [6.07, 6.45) is 1.58. The summed E-state index contributed by atoms with van der Waals surface area (Å²) in [5.74, 6) is 0.597. The molecule has 2 rings (SSSR count). The van der Waals surface area contributed by atoms with Crippen LogP contribution in [0.25, 0.3) is 0 Å². The van der Waals surface area contributed by atoms with Gasteiger partial charge in [-0.25, -0.2) is 0 Å². The van der Waals surface area contributed by atoms with Crippen molar-refractivity contribution in [2.45, 2.75) is 0 Å². The molecule has 0 bridgehead atoms. The molecule has 0 unspecified atom stereocenters. The van der Waals surface area contributed by atoms with Gasteiger partial charge in [-0.3, -0.25) is 4.79 Å². The number of para-hydroxylation sites is 1. The number of nitrogens with one attached hydrogen (secondary N) is 2. The fourth-order valence-corrected chi connectivity index (χ4v) is 1.49. The molecular formula is C13H15N3O2. The molecule has 1 amide bonds. The van der Waals surface area contributed by atoms with Gasteiger partial charge >= 0.3 is 0 Å². The summed E-state index contributed by atoms with van der Waals surface area (Å²) in [6.45, 7) is 0.860. The Morgan fingerprint density at radius 2 is 2.11 bits per heavy atom. The predicted molar refractivity (Wildman–Crippen MR) is 69.5 cm³/mol. The van der Waals surface area contributed by atoms with Gasteiger partial charge in [0.2, 0.25) is 0 Å². The van der Waals surface area contributed by atoms with E-state index in [4.69, 9.17) is 10.5 Å². The van der Waals surface area contributed by atoms with E-state index in [0.717, 1.165) is 5.75 Å². The quantitative estimate of drug-likeness (QED) is 0.697. The second-order valence-electron chi connectivity index (χ2n) is 3.76. The van der Waals surface area contributed by atoms with Gasteiger partial charge in [0.15, 0.2) is 0 Å². The minimum Gasteiger partial charge on any atom is -0.492 e. The summed E-state index contributed by atoms with van der Waals surface area (Å²) >= 11 is 0. The SMILES string of the molecule is Nc1c[nH]c(C(=O)NCCOc2ccccc2)c1. The Kier molecular flexibility index (Phi) is 3.86. The Labute approximate surface area is 105 Å². The molecule has 4 N–H and O–H groups in total. The van der Waals surface area contributed by atoms with Crippen molar-refractivity contribution in [3.05, 3.63) is 48.3 Å². The molecule has 1 heterocycles. The van der Waals surface area contributed by atoms with Gasteiger partial charge in [-0.05, 0) is 18.2 Å². The summed E-state index contributed by atoms with van der Waals surface area (Å²) in [6, 6.07) is 11.0. The van der Waals surface area contributed by atoms with Crippen LogP contribution in [0.15, 0.2) is 42.6 Å². The van der Waals surface area contributed by atoms with E-state index in [9.17, 15) is 4.79 Å². The van der Waals surface area contributed by atoms with Crippen molar-refractivity contribution in [2.75, 3.05) is 18.9 Å². The highest BCUT2D eigenvalue weighted by atomic mass is 16.5. The fraction of sp³-hybridized carbons (Fsp3) is 0.154. The number of rotatable bonds is 5. The highest BCUT2D eigenvalue weighted by Gasteiger charge is 2.06. The molecule has 5 nitrogen and oxygen atoms in total. The molecule has 0 saturated heterocycles. The van der Waals surface area contributed by atoms with Crippen LogP contribution in [0.1, 0.15) is 10.5 Å². The van der Waals surface area contributed by atoms with Gasteiger partial charge in [0.05, 0.1) is 6.54 Å². The summed E-state index contributed by atoms with van der Waals surface area (Å²) < 4.78 is 5.45. The molecular weight excluding hydrogens is 230 g/mol. The minimum absolute atomic E-state index is 0.191. The highest BCUT2D eigenvalue weighted by molar-refractivity contribution is 5.93. The molecule has 0 aliphatic rings. The molecule has 0 aliphatic heterocycles. The number of nitrogens with two attached hydrogens (primary N) is 1. The molecule has 0 spiro atoms. The van der Waals surface area contributed by atoms with E-state index < -0.39 is 0 Å². The highest BCUT2D eigenvalue weighted by Crippen LogP contribution is 2.07. The van der Waals surface area contributed by atoms with Crippen molar-refractivity contribution in [1.29, 1.82) is 0 Å². The van der Waals surface area contributed by atoms with Crippen LogP contribution in [-0.4, -0.2) is 24.0 Å². The van der Waals surface area contributed by atoms with E-state index in [1.807, 2.05) is 30.3 Å². The van der Waals surface area contributed by atoms with E-state index in [1.54, 1.807) is 12.3 Å². The van der Waals surface area contributed by atoms with Gasteiger partial charge in [-0.2, -0.15) is 0 Å². The van der Waals surface area contributed by atoms with Gasteiger partial charge in [0, 0.05) is 11.9 Å². The topological polar surface area (TPSA) is 80.1 Å². The Balaban J connectivity index is 1.71. The number of amides is 1. The number of aromatic nitrogens is 1. The van der Waals surface area contributed by atoms with Crippen LogP contribution in [0.2, 0.25) is 0 Å². The molecule has 1 aromatic heterocycles. The lowest BCUT2D eigenvalue weighted by Gasteiger charge is -2.06. The molecule has 0 saturated carbocycles. The zero-order valence-corrected chi connectivity index (χ0v) is 9.85. The average molecular weight is 245 g/mol. The van der Waals surface area contributed by atoms with Crippen LogP contribution in [0.4, 0.5) is 5.69 Å². The van der Waals surface area contributed by atoms with E-state index >= 15 is 0 Å². The van der Waals surface area contributed by atoms with Crippen LogP contribution < -0.4 is 15.8 Å². The molecule has 0 atom stereocenters.